The number of aromatic nitrogens is 3. The van der Waals surface area contributed by atoms with Crippen molar-refractivity contribution in [2.75, 3.05) is 10.6 Å². The molecule has 11 heteroatoms. The molecule has 2 aromatic heterocycles. The standard InChI is InChI=1S/C27H24Cl2N6O3/c28-17-11-18(29)13-20(12-17)35-25(15-23(34-35)16-3-1-2-4-16)33-27(37)32-19-5-7-21(8-6-19)38-22-9-10-31-24(14-22)26(30)36/h5-16H,1-4H2,(H2,30,36)(H2,32,33,37). The molecule has 1 aliphatic rings. The van der Waals surface area contributed by atoms with Gasteiger partial charge in [-0.3, -0.25) is 15.1 Å². The van der Waals surface area contributed by atoms with Crippen LogP contribution < -0.4 is 21.1 Å². The molecular weight excluding hydrogens is 527 g/mol. The molecular formula is C27H24Cl2N6O3. The van der Waals surface area contributed by atoms with E-state index in [4.69, 9.17) is 38.8 Å². The highest BCUT2D eigenvalue weighted by Gasteiger charge is 2.23. The maximum Gasteiger partial charge on any atom is 0.324 e. The van der Waals surface area contributed by atoms with Crippen LogP contribution in [-0.4, -0.2) is 26.7 Å². The molecule has 1 fully saturated rings. The van der Waals surface area contributed by atoms with E-state index in [9.17, 15) is 9.59 Å². The van der Waals surface area contributed by atoms with Crippen molar-refractivity contribution < 1.29 is 14.3 Å². The van der Waals surface area contributed by atoms with Gasteiger partial charge >= 0.3 is 6.03 Å². The molecule has 38 heavy (non-hydrogen) atoms. The number of anilines is 2. The quantitative estimate of drug-likeness (QED) is 0.234. The summed E-state index contributed by atoms with van der Waals surface area (Å²) in [4.78, 5) is 28.1. The Bertz CT molecular complexity index is 1460. The first-order valence-electron chi connectivity index (χ1n) is 12.0. The zero-order valence-electron chi connectivity index (χ0n) is 20.2. The van der Waals surface area contributed by atoms with E-state index >= 15 is 0 Å². The normalized spacial score (nSPS) is 13.3. The molecule has 3 amide bonds. The number of nitrogens with zero attached hydrogens (tertiary/aromatic N) is 3. The number of pyridine rings is 1. The second-order valence-electron chi connectivity index (χ2n) is 8.92. The Hall–Kier alpha value is -4.08. The van der Waals surface area contributed by atoms with E-state index in [1.807, 2.05) is 6.07 Å². The Morgan fingerprint density at radius 1 is 0.921 bits per heavy atom. The molecule has 4 aromatic rings. The molecule has 2 aromatic carbocycles. The number of hydrogen-bond donors (Lipinski definition) is 3. The van der Waals surface area contributed by atoms with Gasteiger partial charge in [-0.1, -0.05) is 36.0 Å². The van der Waals surface area contributed by atoms with Gasteiger partial charge in [0.25, 0.3) is 5.91 Å². The third kappa shape index (κ3) is 6.07. The molecule has 0 saturated heterocycles. The van der Waals surface area contributed by atoms with Crippen molar-refractivity contribution in [3.05, 3.63) is 88.3 Å². The van der Waals surface area contributed by atoms with E-state index < -0.39 is 11.9 Å². The van der Waals surface area contributed by atoms with Gasteiger partial charge in [0.15, 0.2) is 0 Å². The summed E-state index contributed by atoms with van der Waals surface area (Å²) in [6.45, 7) is 0. The summed E-state index contributed by atoms with van der Waals surface area (Å²) in [6.07, 6.45) is 5.90. The first-order chi connectivity index (χ1) is 18.3. The Labute approximate surface area is 228 Å². The predicted octanol–water partition coefficient (Wildman–Crippen LogP) is 6.77. The molecule has 1 saturated carbocycles. The topological polar surface area (TPSA) is 124 Å². The van der Waals surface area contributed by atoms with Gasteiger partial charge in [-0.2, -0.15) is 5.10 Å². The molecule has 2 heterocycles. The summed E-state index contributed by atoms with van der Waals surface area (Å²) >= 11 is 12.5. The van der Waals surface area contributed by atoms with Crippen molar-refractivity contribution in [2.45, 2.75) is 31.6 Å². The molecule has 5 rings (SSSR count). The zero-order chi connectivity index (χ0) is 26.6. The number of nitrogens with one attached hydrogen (secondary N) is 2. The number of amides is 3. The van der Waals surface area contributed by atoms with E-state index in [1.54, 1.807) is 53.2 Å². The minimum atomic E-state index is -0.642. The van der Waals surface area contributed by atoms with E-state index in [-0.39, 0.29) is 5.69 Å². The van der Waals surface area contributed by atoms with Gasteiger partial charge in [-0.15, -0.1) is 0 Å². The molecule has 0 unspecified atom stereocenters. The van der Waals surface area contributed by atoms with Crippen LogP contribution in [0.15, 0.2) is 66.9 Å². The van der Waals surface area contributed by atoms with Gasteiger partial charge < -0.3 is 15.8 Å². The molecule has 0 atom stereocenters. The van der Waals surface area contributed by atoms with Crippen molar-refractivity contribution in [3.8, 4) is 17.2 Å². The lowest BCUT2D eigenvalue weighted by molar-refractivity contribution is 0.0995. The lowest BCUT2D eigenvalue weighted by Gasteiger charge is -2.11. The van der Waals surface area contributed by atoms with E-state index in [2.05, 4.69) is 15.6 Å². The Morgan fingerprint density at radius 3 is 2.32 bits per heavy atom. The summed E-state index contributed by atoms with van der Waals surface area (Å²) in [5.74, 6) is 1.14. The minimum Gasteiger partial charge on any atom is -0.457 e. The molecule has 194 valence electrons. The Morgan fingerprint density at radius 2 is 1.63 bits per heavy atom. The predicted molar refractivity (Wildman–Crippen MR) is 147 cm³/mol. The summed E-state index contributed by atoms with van der Waals surface area (Å²) in [7, 11) is 0. The van der Waals surface area contributed by atoms with Gasteiger partial charge in [0.05, 0.1) is 11.4 Å². The number of carbonyl (C=O) groups is 2. The summed E-state index contributed by atoms with van der Waals surface area (Å²) in [5.41, 5.74) is 7.50. The van der Waals surface area contributed by atoms with Crippen LogP contribution in [-0.2, 0) is 0 Å². The van der Waals surface area contributed by atoms with Gasteiger partial charge in [0, 0.05) is 40.0 Å². The molecule has 4 N–H and O–H groups in total. The van der Waals surface area contributed by atoms with Crippen LogP contribution in [0.1, 0.15) is 47.8 Å². The summed E-state index contributed by atoms with van der Waals surface area (Å²) < 4.78 is 7.40. The number of ether oxygens (including phenoxy) is 1. The van der Waals surface area contributed by atoms with Crippen molar-refractivity contribution >= 4 is 46.6 Å². The second-order valence-corrected chi connectivity index (χ2v) is 9.79. The molecule has 0 spiro atoms. The average molecular weight is 551 g/mol. The minimum absolute atomic E-state index is 0.104. The summed E-state index contributed by atoms with van der Waals surface area (Å²) in [5, 5.41) is 11.4. The summed E-state index contributed by atoms with van der Waals surface area (Å²) in [6, 6.07) is 16.4. The van der Waals surface area contributed by atoms with Crippen LogP contribution in [0.25, 0.3) is 5.69 Å². The average Bonchev–Trinajstić information content (AvgIpc) is 3.55. The second kappa shape index (κ2) is 11.1. The first kappa shape index (κ1) is 25.6. The van der Waals surface area contributed by atoms with Crippen LogP contribution in [0, 0.1) is 0 Å². The van der Waals surface area contributed by atoms with Gasteiger partial charge in [0.1, 0.15) is 23.0 Å². The van der Waals surface area contributed by atoms with Crippen molar-refractivity contribution in [3.63, 3.8) is 0 Å². The number of urea groups is 1. The van der Waals surface area contributed by atoms with Crippen LogP contribution in [0.2, 0.25) is 10.0 Å². The zero-order valence-corrected chi connectivity index (χ0v) is 21.7. The third-order valence-electron chi connectivity index (χ3n) is 6.17. The van der Waals surface area contributed by atoms with Crippen molar-refractivity contribution in [2.24, 2.45) is 5.73 Å². The number of rotatable bonds is 7. The van der Waals surface area contributed by atoms with Crippen molar-refractivity contribution in [1.82, 2.24) is 14.8 Å². The SMILES string of the molecule is NC(=O)c1cc(Oc2ccc(NC(=O)Nc3cc(C4CCCC4)nn3-c3cc(Cl)cc(Cl)c3)cc2)ccn1. The highest BCUT2D eigenvalue weighted by molar-refractivity contribution is 6.34. The number of halogens is 2. The smallest absolute Gasteiger partial charge is 0.324 e. The third-order valence-corrected chi connectivity index (χ3v) is 6.60. The fourth-order valence-corrected chi connectivity index (χ4v) is 4.91. The molecule has 0 radical (unpaired) electrons. The first-order valence-corrected chi connectivity index (χ1v) is 12.8. The number of nitrogens with two attached hydrogens (primary N) is 1. The van der Waals surface area contributed by atoms with E-state index in [0.717, 1.165) is 31.4 Å². The lowest BCUT2D eigenvalue weighted by atomic mass is 10.0. The largest absolute Gasteiger partial charge is 0.457 e. The lowest BCUT2D eigenvalue weighted by Crippen LogP contribution is -2.21. The molecule has 0 bridgehead atoms. The van der Waals surface area contributed by atoms with Gasteiger partial charge in [-0.25, -0.2) is 9.48 Å². The van der Waals surface area contributed by atoms with E-state index in [0.29, 0.717) is 44.7 Å². The number of carbonyl (C=O) groups excluding carboxylic acids is 2. The van der Waals surface area contributed by atoms with Gasteiger partial charge in [0.2, 0.25) is 0 Å². The number of hydrogen-bond acceptors (Lipinski definition) is 5. The highest BCUT2D eigenvalue weighted by Crippen LogP contribution is 2.35. The fraction of sp³-hybridized carbons (Fsp3) is 0.185. The number of primary amides is 1. The van der Waals surface area contributed by atoms with Crippen LogP contribution in [0.4, 0.5) is 16.3 Å². The monoisotopic (exact) mass is 550 g/mol. The van der Waals surface area contributed by atoms with Crippen LogP contribution in [0.5, 0.6) is 11.5 Å². The molecule has 1 aliphatic carbocycles. The maximum atomic E-state index is 12.9. The molecule has 9 nitrogen and oxygen atoms in total. The highest BCUT2D eigenvalue weighted by atomic mass is 35.5. The van der Waals surface area contributed by atoms with Crippen LogP contribution in [0.3, 0.4) is 0 Å². The maximum absolute atomic E-state index is 12.9. The fourth-order valence-electron chi connectivity index (χ4n) is 4.40. The van der Waals surface area contributed by atoms with Crippen LogP contribution >= 0.6 is 23.2 Å². The Balaban J connectivity index is 1.30. The number of benzene rings is 2. The van der Waals surface area contributed by atoms with Gasteiger partial charge in [-0.05, 0) is 61.4 Å². The molecule has 0 aliphatic heterocycles. The van der Waals surface area contributed by atoms with E-state index in [1.165, 1.54) is 12.3 Å². The van der Waals surface area contributed by atoms with Crippen molar-refractivity contribution in [1.29, 1.82) is 0 Å². The Kier molecular flexibility index (Phi) is 7.48.